The van der Waals surface area contributed by atoms with E-state index in [0.29, 0.717) is 181 Å². The number of imide groups is 6. The molecule has 12 amide bonds. The maximum atomic E-state index is 15.3. The van der Waals surface area contributed by atoms with E-state index in [1.54, 1.807) is 93.6 Å². The molecule has 9 aliphatic rings. The Morgan fingerprint density at radius 3 is 0.585 bits per heavy atom. The van der Waals surface area contributed by atoms with Gasteiger partial charge < -0.3 is 28.4 Å². The fraction of sp³-hybridized carbons (Fsp3) is 0.333. The molecule has 27 heteroatoms. The van der Waals surface area contributed by atoms with Crippen LogP contribution in [-0.4, -0.2) is 291 Å². The van der Waals surface area contributed by atoms with Crippen LogP contribution < -0.4 is 0 Å². The normalized spacial score (nSPS) is 18.8. The van der Waals surface area contributed by atoms with E-state index in [2.05, 4.69) is 14.7 Å². The van der Waals surface area contributed by atoms with Gasteiger partial charge in [0.2, 0.25) is 0 Å². The van der Waals surface area contributed by atoms with Gasteiger partial charge in [0.1, 0.15) is 0 Å². The number of amides is 12. The average Bonchev–Trinajstić information content (AvgIpc) is 0.695. The van der Waals surface area contributed by atoms with Crippen LogP contribution in [0.2, 0.25) is 0 Å². The molecular formula is C108H95N9O18. The van der Waals surface area contributed by atoms with E-state index < -0.39 is 59.0 Å². The minimum Gasteiger partial charge on any atom is -0.379 e. The molecule has 0 radical (unpaired) electrons. The molecule has 9 aliphatic heterocycles. The van der Waals surface area contributed by atoms with E-state index in [1.165, 1.54) is 29.4 Å². The first-order valence-corrected chi connectivity index (χ1v) is 47.2. The fourth-order valence-corrected chi connectivity index (χ4v) is 23.6. The van der Waals surface area contributed by atoms with Crippen LogP contribution in [0.4, 0.5) is 0 Å². The molecule has 0 saturated carbocycles. The molecule has 15 aromatic carbocycles. The van der Waals surface area contributed by atoms with Crippen LogP contribution in [0.5, 0.6) is 0 Å². The van der Waals surface area contributed by atoms with Gasteiger partial charge in [-0.25, -0.2) is 0 Å². The van der Waals surface area contributed by atoms with Crippen molar-refractivity contribution in [1.29, 1.82) is 0 Å². The molecule has 3 saturated heterocycles. The predicted octanol–water partition coefficient (Wildman–Crippen LogP) is 14.6. The number of hydrogen-bond donors (Lipinski definition) is 0. The van der Waals surface area contributed by atoms with Crippen molar-refractivity contribution in [2.45, 2.75) is 71.5 Å². The van der Waals surface area contributed by atoms with E-state index >= 15 is 28.8 Å². The third-order valence-corrected chi connectivity index (χ3v) is 30.5. The van der Waals surface area contributed by atoms with Crippen LogP contribution in [-0.2, 0) is 28.4 Å². The molecule has 680 valence electrons. The molecule has 0 spiro atoms. The third kappa shape index (κ3) is 12.8. The molecule has 3 unspecified atom stereocenters. The molecule has 0 bridgehead atoms. The molecule has 0 aromatic heterocycles. The lowest BCUT2D eigenvalue weighted by Crippen LogP contribution is -2.49. The zero-order chi connectivity index (χ0) is 92.2. The first kappa shape index (κ1) is 84.7. The van der Waals surface area contributed by atoms with E-state index in [-0.39, 0.29) is 94.7 Å². The van der Waals surface area contributed by atoms with Crippen LogP contribution in [0.3, 0.4) is 0 Å². The monoisotopic (exact) mass is 1810 g/mol. The standard InChI is InChI=1S/C108H95N9O18/c1-5-108(54-133-51-57(2)115-102(124)78-27-15-66-60-9-21-72-90-73(97(119)112(96(72)118)36-6-33-109-39-45-130-46-40-109)22-10-61(84(60)90)67-16-28-79(103(115)125)93(78)87(66)67,55-134-52-58(3)116-104(126)80-29-17-68-62-11-23-74-91-75(99(121)113(98(74)120)37-7-34-110-41-47-131-48-42-110)24-12-63(85(62)91)69-18-30-81(105(116)127)94(80)88(68)69)56-135-53-59(4)117-106(128)82-31-19-70-64-13-25-76-92-77(101(123)114(100(76)122)38-8-35-111-43-49-132-50-44-111)26-14-65(86(64)92)71-20-32-83(107(117)129)95(82)89(70)71/h9-32,57-59H,5-8,33-56H2,1-4H3. The largest absolute Gasteiger partial charge is 0.379 e. The Hall–Kier alpha value is -13.3. The Bertz CT molecular complexity index is 6720. The van der Waals surface area contributed by atoms with Crippen molar-refractivity contribution in [2.24, 2.45) is 5.41 Å². The zero-order valence-corrected chi connectivity index (χ0v) is 75.3. The summed E-state index contributed by atoms with van der Waals surface area (Å²) < 4.78 is 36.9. The third-order valence-electron chi connectivity index (χ3n) is 30.5. The fourth-order valence-electron chi connectivity index (χ4n) is 23.6. The maximum Gasteiger partial charge on any atom is 0.261 e. The topological polar surface area (TPSA) is 289 Å². The van der Waals surface area contributed by atoms with Crippen molar-refractivity contribution >= 4 is 200 Å². The highest BCUT2D eigenvalue weighted by Gasteiger charge is 2.46. The van der Waals surface area contributed by atoms with Gasteiger partial charge in [-0.05, 0) is 216 Å². The Balaban J connectivity index is 0.498. The quantitative estimate of drug-likeness (QED) is 0.0250. The van der Waals surface area contributed by atoms with Gasteiger partial charge in [0.25, 0.3) is 70.9 Å². The maximum absolute atomic E-state index is 15.3. The average molecular weight is 1810 g/mol. The summed E-state index contributed by atoms with van der Waals surface area (Å²) in [5, 5.41) is 16.8. The number of fused-ring (bicyclic) bond motifs is 6. The van der Waals surface area contributed by atoms with Gasteiger partial charge in [-0.1, -0.05) is 79.7 Å². The van der Waals surface area contributed by atoms with Crippen molar-refractivity contribution in [3.63, 3.8) is 0 Å². The van der Waals surface area contributed by atoms with Crippen LogP contribution in [0, 0.1) is 5.41 Å². The molecule has 24 rings (SSSR count). The Morgan fingerprint density at radius 1 is 0.244 bits per heavy atom. The molecule has 27 nitrogen and oxygen atoms in total. The van der Waals surface area contributed by atoms with Gasteiger partial charge in [0.05, 0.1) is 97.4 Å². The van der Waals surface area contributed by atoms with Gasteiger partial charge in [0, 0.05) is 183 Å². The second kappa shape index (κ2) is 32.5. The lowest BCUT2D eigenvalue weighted by molar-refractivity contribution is -0.0841. The van der Waals surface area contributed by atoms with Crippen LogP contribution in [0.1, 0.15) is 178 Å². The molecule has 15 aromatic rings. The van der Waals surface area contributed by atoms with Crippen molar-refractivity contribution in [2.75, 3.05) is 158 Å². The van der Waals surface area contributed by atoms with Crippen LogP contribution in [0.15, 0.2) is 146 Å². The van der Waals surface area contributed by atoms with Gasteiger partial charge in [-0.15, -0.1) is 0 Å². The molecular weight excluding hydrogens is 1710 g/mol. The number of ether oxygens (including phenoxy) is 6. The summed E-state index contributed by atoms with van der Waals surface area (Å²) in [5.74, 6) is -5.26. The van der Waals surface area contributed by atoms with E-state index in [9.17, 15) is 28.8 Å². The summed E-state index contributed by atoms with van der Waals surface area (Å²) >= 11 is 0. The molecule has 3 atom stereocenters. The summed E-state index contributed by atoms with van der Waals surface area (Å²) in [5.41, 5.74) is 3.45. The summed E-state index contributed by atoms with van der Waals surface area (Å²) in [6, 6.07) is 41.3. The number of carbonyl (C=O) groups excluding carboxylic acids is 12. The number of carbonyl (C=O) groups is 12. The van der Waals surface area contributed by atoms with Gasteiger partial charge >= 0.3 is 0 Å². The minimum atomic E-state index is -1.05. The molecule has 0 N–H and O–H groups in total. The van der Waals surface area contributed by atoms with E-state index in [4.69, 9.17) is 28.4 Å². The Labute approximate surface area is 773 Å². The van der Waals surface area contributed by atoms with Crippen molar-refractivity contribution in [1.82, 2.24) is 44.1 Å². The lowest BCUT2D eigenvalue weighted by Gasteiger charge is -2.37. The number of hydrogen-bond acceptors (Lipinski definition) is 21. The highest BCUT2D eigenvalue weighted by atomic mass is 16.5. The predicted molar refractivity (Wildman–Crippen MR) is 510 cm³/mol. The first-order valence-electron chi connectivity index (χ1n) is 47.2. The molecule has 0 aliphatic carbocycles. The number of nitrogens with zero attached hydrogens (tertiary/aromatic N) is 9. The summed E-state index contributed by atoms with van der Waals surface area (Å²) in [7, 11) is 0. The smallest absolute Gasteiger partial charge is 0.261 e. The van der Waals surface area contributed by atoms with Gasteiger partial charge in [-0.2, -0.15) is 0 Å². The number of morpholine rings is 3. The second-order valence-corrected chi connectivity index (χ2v) is 38.0. The van der Waals surface area contributed by atoms with Crippen molar-refractivity contribution in [3.05, 3.63) is 212 Å². The molecule has 3 fully saturated rings. The highest BCUT2D eigenvalue weighted by molar-refractivity contribution is 6.46. The molecule has 9 heterocycles. The second-order valence-electron chi connectivity index (χ2n) is 38.0. The number of benzene rings is 15. The van der Waals surface area contributed by atoms with Crippen LogP contribution >= 0.6 is 0 Å². The SMILES string of the molecule is CCC(COCC(C)N1C(=O)c2ccc3c4ccc5c6c(ccc(c7ccc(c2c37)C1=O)c64)C(=O)N(CCCN1CCOCC1)C5=O)(COCC(C)N1C(=O)c2ccc3c4ccc5c6c(ccc(c7ccc(c2c37)C1=O)c64)C(=O)N(CCCN1CCOCC1)C5=O)COCC(C)N1C(=O)c2ccc3c4ccc5c6c(ccc(c7ccc(c2c37)C1=O)c64)C(=O)N(CCCN1CCOCC1)C5=O. The highest BCUT2D eigenvalue weighted by Crippen LogP contribution is 2.52. The summed E-state index contributed by atoms with van der Waals surface area (Å²) in [6.07, 6.45) is 2.20. The minimum absolute atomic E-state index is 0.0754. The van der Waals surface area contributed by atoms with Gasteiger partial charge in [0.15, 0.2) is 0 Å². The Kier molecular flexibility index (Phi) is 20.4. The van der Waals surface area contributed by atoms with Gasteiger partial charge in [-0.3, -0.25) is 102 Å². The van der Waals surface area contributed by atoms with Crippen LogP contribution in [0.25, 0.3) is 129 Å². The van der Waals surface area contributed by atoms with E-state index in [1.807, 2.05) is 79.7 Å². The lowest BCUT2D eigenvalue weighted by atomic mass is 9.82. The van der Waals surface area contributed by atoms with Crippen molar-refractivity contribution in [3.8, 4) is 0 Å². The molecule has 135 heavy (non-hydrogen) atoms. The zero-order valence-electron chi connectivity index (χ0n) is 75.3. The summed E-state index contributed by atoms with van der Waals surface area (Å²) in [6.45, 7) is 18.2. The Morgan fingerprint density at radius 2 is 0.415 bits per heavy atom. The van der Waals surface area contributed by atoms with E-state index in [0.717, 1.165) is 140 Å². The summed E-state index contributed by atoms with van der Waals surface area (Å²) in [4.78, 5) is 193. The number of rotatable bonds is 28. The first-order chi connectivity index (χ1) is 65.7. The van der Waals surface area contributed by atoms with Crippen molar-refractivity contribution < 1.29 is 86.0 Å².